The van der Waals surface area contributed by atoms with Crippen LogP contribution in [-0.2, 0) is 6.18 Å². The molecule has 0 unspecified atom stereocenters. The Morgan fingerprint density at radius 2 is 2.07 bits per heavy atom. The Bertz CT molecular complexity index is 568. The van der Waals surface area contributed by atoms with E-state index in [0.717, 1.165) is 0 Å². The molecule has 1 N–H and O–H groups in total. The molecule has 0 saturated heterocycles. The standard InChI is InChI=1S/C7H3F4N3O/c8-4-1-5-12-13-6(15)14(5)2-3(4)7(9,10)11/h1-2H,(H,13,15). The summed E-state index contributed by atoms with van der Waals surface area (Å²) in [7, 11) is 0. The highest BCUT2D eigenvalue weighted by atomic mass is 19.4. The van der Waals surface area contributed by atoms with Gasteiger partial charge in [0.25, 0.3) is 0 Å². The number of fused-ring (bicyclic) bond motifs is 1. The van der Waals surface area contributed by atoms with E-state index in [9.17, 15) is 22.4 Å². The Hall–Kier alpha value is -1.86. The smallest absolute Gasteiger partial charge is 0.250 e. The molecule has 2 heterocycles. The van der Waals surface area contributed by atoms with Crippen LogP contribution in [0.15, 0.2) is 17.1 Å². The number of aromatic nitrogens is 3. The van der Waals surface area contributed by atoms with Gasteiger partial charge < -0.3 is 0 Å². The number of H-pyrrole nitrogens is 1. The van der Waals surface area contributed by atoms with E-state index in [1.807, 2.05) is 5.10 Å². The molecule has 0 fully saturated rings. The summed E-state index contributed by atoms with van der Waals surface area (Å²) in [6, 6.07) is 0.542. The second-order valence-corrected chi connectivity index (χ2v) is 2.79. The molecule has 80 valence electrons. The predicted octanol–water partition coefficient (Wildman–Crippen LogP) is 1.18. The third kappa shape index (κ3) is 1.47. The van der Waals surface area contributed by atoms with Crippen molar-refractivity contribution in [3.05, 3.63) is 34.1 Å². The maximum Gasteiger partial charge on any atom is 0.420 e. The molecule has 0 radical (unpaired) electrons. The molecule has 0 saturated carbocycles. The van der Waals surface area contributed by atoms with Crippen LogP contribution in [0.2, 0.25) is 0 Å². The second kappa shape index (κ2) is 2.81. The number of alkyl halides is 3. The molecule has 2 aromatic rings. The van der Waals surface area contributed by atoms with Crippen LogP contribution >= 0.6 is 0 Å². The SMILES string of the molecule is O=c1[nH]nc2cc(F)c(C(F)(F)F)cn12. The molecule has 0 bridgehead atoms. The summed E-state index contributed by atoms with van der Waals surface area (Å²) in [5, 5.41) is 5.23. The molecule has 0 atom stereocenters. The van der Waals surface area contributed by atoms with Gasteiger partial charge in [0.05, 0.1) is 0 Å². The van der Waals surface area contributed by atoms with E-state index in [4.69, 9.17) is 0 Å². The van der Waals surface area contributed by atoms with Crippen molar-refractivity contribution in [1.29, 1.82) is 0 Å². The maximum atomic E-state index is 12.9. The quantitative estimate of drug-likeness (QED) is 0.679. The summed E-state index contributed by atoms with van der Waals surface area (Å²) >= 11 is 0. The first-order chi connectivity index (χ1) is 6.89. The number of hydrogen-bond acceptors (Lipinski definition) is 2. The fourth-order valence-corrected chi connectivity index (χ4v) is 1.13. The zero-order valence-electron chi connectivity index (χ0n) is 6.97. The minimum atomic E-state index is -4.84. The van der Waals surface area contributed by atoms with Gasteiger partial charge in [0.2, 0.25) is 0 Å². The normalized spacial score (nSPS) is 12.3. The van der Waals surface area contributed by atoms with Gasteiger partial charge >= 0.3 is 11.9 Å². The number of rotatable bonds is 0. The van der Waals surface area contributed by atoms with Gasteiger partial charge in [-0.05, 0) is 0 Å². The summed E-state index contributed by atoms with van der Waals surface area (Å²) in [6.45, 7) is 0. The molecule has 4 nitrogen and oxygen atoms in total. The molecule has 0 aliphatic rings. The van der Waals surface area contributed by atoms with E-state index >= 15 is 0 Å². The summed E-state index contributed by atoms with van der Waals surface area (Å²) in [5.41, 5.74) is -2.56. The Balaban J connectivity index is 2.82. The van der Waals surface area contributed by atoms with Gasteiger partial charge in [0.1, 0.15) is 11.4 Å². The molecule has 2 aromatic heterocycles. The van der Waals surface area contributed by atoms with Crippen LogP contribution in [0.4, 0.5) is 17.6 Å². The van der Waals surface area contributed by atoms with Crippen LogP contribution < -0.4 is 5.69 Å². The van der Waals surface area contributed by atoms with Crippen LogP contribution in [0, 0.1) is 5.82 Å². The Kier molecular flexibility index (Phi) is 1.82. The van der Waals surface area contributed by atoms with Crippen molar-refractivity contribution >= 4 is 5.65 Å². The lowest BCUT2D eigenvalue weighted by molar-refractivity contribution is -0.140. The third-order valence-corrected chi connectivity index (χ3v) is 1.81. The lowest BCUT2D eigenvalue weighted by atomic mass is 10.2. The van der Waals surface area contributed by atoms with Crippen molar-refractivity contribution in [3.63, 3.8) is 0 Å². The molecule has 0 aromatic carbocycles. The van der Waals surface area contributed by atoms with Crippen molar-refractivity contribution in [1.82, 2.24) is 14.6 Å². The first-order valence-electron chi connectivity index (χ1n) is 3.73. The molecule has 8 heteroatoms. The van der Waals surface area contributed by atoms with Gasteiger partial charge in [-0.25, -0.2) is 18.7 Å². The zero-order chi connectivity index (χ0) is 11.2. The largest absolute Gasteiger partial charge is 0.420 e. The highest BCUT2D eigenvalue weighted by Gasteiger charge is 2.35. The van der Waals surface area contributed by atoms with E-state index in [0.29, 0.717) is 16.7 Å². The zero-order valence-corrected chi connectivity index (χ0v) is 6.97. The minimum absolute atomic E-state index is 0.203. The van der Waals surface area contributed by atoms with E-state index in [1.165, 1.54) is 0 Å². The highest BCUT2D eigenvalue weighted by molar-refractivity contribution is 5.39. The number of halogens is 4. The maximum absolute atomic E-state index is 12.9. The predicted molar refractivity (Wildman–Crippen MR) is 40.8 cm³/mol. The Labute approximate surface area is 79.1 Å². The summed E-state index contributed by atoms with van der Waals surface area (Å²) in [6.07, 6.45) is -4.47. The average Bonchev–Trinajstić information content (AvgIpc) is 2.44. The monoisotopic (exact) mass is 221 g/mol. The Morgan fingerprint density at radius 3 is 2.67 bits per heavy atom. The first-order valence-corrected chi connectivity index (χ1v) is 3.73. The lowest BCUT2D eigenvalue weighted by Gasteiger charge is -2.07. The number of hydrogen-bond donors (Lipinski definition) is 1. The van der Waals surface area contributed by atoms with E-state index in [-0.39, 0.29) is 5.65 Å². The number of nitrogens with one attached hydrogen (secondary N) is 1. The molecule has 0 amide bonds. The molecule has 15 heavy (non-hydrogen) atoms. The molecule has 0 aliphatic carbocycles. The summed E-state index contributed by atoms with van der Waals surface area (Å²) in [5.74, 6) is -1.46. The fraction of sp³-hybridized carbons (Fsp3) is 0.143. The van der Waals surface area contributed by atoms with Crippen LogP contribution in [0.5, 0.6) is 0 Å². The van der Waals surface area contributed by atoms with Gasteiger partial charge in [-0.3, -0.25) is 0 Å². The number of nitrogens with zero attached hydrogens (tertiary/aromatic N) is 2. The van der Waals surface area contributed by atoms with Gasteiger partial charge in [-0.15, -0.1) is 0 Å². The van der Waals surface area contributed by atoms with Crippen molar-refractivity contribution in [2.24, 2.45) is 0 Å². The average molecular weight is 221 g/mol. The van der Waals surface area contributed by atoms with Gasteiger partial charge in [0.15, 0.2) is 5.65 Å². The van der Waals surface area contributed by atoms with Crippen LogP contribution in [-0.4, -0.2) is 14.6 Å². The Morgan fingerprint density at radius 1 is 1.40 bits per heavy atom. The highest BCUT2D eigenvalue weighted by Crippen LogP contribution is 2.30. The molecular formula is C7H3F4N3O. The fourth-order valence-electron chi connectivity index (χ4n) is 1.13. The van der Waals surface area contributed by atoms with Crippen LogP contribution in [0.1, 0.15) is 5.56 Å². The molecule has 0 aliphatic heterocycles. The van der Waals surface area contributed by atoms with E-state index in [2.05, 4.69) is 5.10 Å². The van der Waals surface area contributed by atoms with Gasteiger partial charge in [-0.2, -0.15) is 18.3 Å². The topological polar surface area (TPSA) is 50.2 Å². The molecule has 0 spiro atoms. The minimum Gasteiger partial charge on any atom is -0.250 e. The third-order valence-electron chi connectivity index (χ3n) is 1.81. The van der Waals surface area contributed by atoms with Crippen molar-refractivity contribution in [2.75, 3.05) is 0 Å². The van der Waals surface area contributed by atoms with E-state index < -0.39 is 23.2 Å². The van der Waals surface area contributed by atoms with Crippen LogP contribution in [0.3, 0.4) is 0 Å². The van der Waals surface area contributed by atoms with Gasteiger partial charge in [-0.1, -0.05) is 0 Å². The van der Waals surface area contributed by atoms with E-state index in [1.54, 1.807) is 0 Å². The van der Waals surface area contributed by atoms with Crippen molar-refractivity contribution < 1.29 is 17.6 Å². The number of aromatic amines is 1. The van der Waals surface area contributed by atoms with Gasteiger partial charge in [0, 0.05) is 12.3 Å². The lowest BCUT2D eigenvalue weighted by Crippen LogP contribution is -2.14. The molecular weight excluding hydrogens is 218 g/mol. The summed E-state index contributed by atoms with van der Waals surface area (Å²) < 4.78 is 50.2. The molecule has 2 rings (SSSR count). The van der Waals surface area contributed by atoms with Crippen LogP contribution in [0.25, 0.3) is 5.65 Å². The second-order valence-electron chi connectivity index (χ2n) is 2.79. The first kappa shape index (κ1) is 9.69. The number of pyridine rings is 1. The summed E-state index contributed by atoms with van der Waals surface area (Å²) in [4.78, 5) is 10.9. The van der Waals surface area contributed by atoms with Crippen molar-refractivity contribution in [2.45, 2.75) is 6.18 Å². The van der Waals surface area contributed by atoms with Crippen molar-refractivity contribution in [3.8, 4) is 0 Å².